The predicted molar refractivity (Wildman–Crippen MR) is 114 cm³/mol. The Morgan fingerprint density at radius 2 is 2.00 bits per heavy atom. The van der Waals surface area contributed by atoms with Crippen molar-refractivity contribution in [3.63, 3.8) is 0 Å². The number of hydrogen-bond acceptors (Lipinski definition) is 4. The number of aromatic nitrogens is 2. The second-order valence-corrected chi connectivity index (χ2v) is 7.44. The third-order valence-electron chi connectivity index (χ3n) is 5.32. The maximum Gasteiger partial charge on any atom is 0.257 e. The zero-order chi connectivity index (χ0) is 20.6. The Bertz CT molecular complexity index is 932. The van der Waals surface area contributed by atoms with Gasteiger partial charge in [0.15, 0.2) is 0 Å². The van der Waals surface area contributed by atoms with Gasteiger partial charge >= 0.3 is 0 Å². The Kier molecular flexibility index (Phi) is 7.36. The molecule has 0 spiro atoms. The average Bonchev–Trinajstić information content (AvgIpc) is 2.74. The second-order valence-electron chi connectivity index (χ2n) is 7.44. The Morgan fingerprint density at radius 3 is 2.69 bits per heavy atom. The first kappa shape index (κ1) is 21.0. The summed E-state index contributed by atoms with van der Waals surface area (Å²) in [6, 6.07) is 9.39. The van der Waals surface area contributed by atoms with Crippen molar-refractivity contribution in [1.82, 2.24) is 14.9 Å². The standard InChI is InChI=1S/C23H29N3O3/c1-17-20(13-15-27)23(29)26(22(25-17)19-10-6-3-7-11-19)16-21(28)24-14-12-18-8-4-2-5-9-18/h3,6-8,10-11,27H,2,4-5,9,12-16H2,1H3,(H,24,28). The molecule has 0 unspecified atom stereocenters. The lowest BCUT2D eigenvalue weighted by molar-refractivity contribution is -0.121. The summed E-state index contributed by atoms with van der Waals surface area (Å²) < 4.78 is 1.42. The van der Waals surface area contributed by atoms with Crippen LogP contribution in [-0.2, 0) is 17.8 Å². The molecular formula is C23H29N3O3. The van der Waals surface area contributed by atoms with Gasteiger partial charge in [-0.3, -0.25) is 14.2 Å². The molecule has 1 amide bonds. The number of allylic oxidation sites excluding steroid dienone is 1. The van der Waals surface area contributed by atoms with Crippen LogP contribution in [0.2, 0.25) is 0 Å². The van der Waals surface area contributed by atoms with Gasteiger partial charge in [-0.05, 0) is 39.0 Å². The summed E-state index contributed by atoms with van der Waals surface area (Å²) in [6.07, 6.45) is 8.06. The van der Waals surface area contributed by atoms with E-state index in [1.807, 2.05) is 30.3 Å². The van der Waals surface area contributed by atoms with E-state index in [4.69, 9.17) is 0 Å². The largest absolute Gasteiger partial charge is 0.396 e. The zero-order valence-corrected chi connectivity index (χ0v) is 17.0. The minimum absolute atomic E-state index is 0.0895. The molecular weight excluding hydrogens is 366 g/mol. The van der Waals surface area contributed by atoms with Crippen LogP contribution in [0.4, 0.5) is 0 Å². The molecule has 0 aliphatic heterocycles. The number of aliphatic hydroxyl groups is 1. The first-order valence-electron chi connectivity index (χ1n) is 10.3. The van der Waals surface area contributed by atoms with E-state index in [9.17, 15) is 14.7 Å². The van der Waals surface area contributed by atoms with Crippen LogP contribution >= 0.6 is 0 Å². The smallest absolute Gasteiger partial charge is 0.257 e. The summed E-state index contributed by atoms with van der Waals surface area (Å²) >= 11 is 0. The van der Waals surface area contributed by atoms with Crippen LogP contribution in [0, 0.1) is 6.92 Å². The third-order valence-corrected chi connectivity index (χ3v) is 5.32. The van der Waals surface area contributed by atoms with Crippen LogP contribution < -0.4 is 10.9 Å². The van der Waals surface area contributed by atoms with Gasteiger partial charge in [0.2, 0.25) is 5.91 Å². The molecule has 1 aromatic heterocycles. The fraction of sp³-hybridized carbons (Fsp3) is 0.435. The molecule has 29 heavy (non-hydrogen) atoms. The molecule has 0 bridgehead atoms. The first-order chi connectivity index (χ1) is 14.1. The van der Waals surface area contributed by atoms with Gasteiger partial charge in [0.1, 0.15) is 12.4 Å². The average molecular weight is 396 g/mol. The van der Waals surface area contributed by atoms with Crippen molar-refractivity contribution in [3.8, 4) is 11.4 Å². The van der Waals surface area contributed by atoms with Gasteiger partial charge in [-0.15, -0.1) is 0 Å². The van der Waals surface area contributed by atoms with E-state index in [1.165, 1.54) is 23.0 Å². The van der Waals surface area contributed by atoms with Crippen molar-refractivity contribution in [3.05, 3.63) is 63.6 Å². The number of nitrogens with zero attached hydrogens (tertiary/aromatic N) is 2. The van der Waals surface area contributed by atoms with E-state index < -0.39 is 0 Å². The predicted octanol–water partition coefficient (Wildman–Crippen LogP) is 2.76. The molecule has 1 aliphatic rings. The molecule has 1 aromatic carbocycles. The van der Waals surface area contributed by atoms with Gasteiger partial charge in [-0.1, -0.05) is 42.0 Å². The van der Waals surface area contributed by atoms with Crippen molar-refractivity contribution in [2.24, 2.45) is 0 Å². The van der Waals surface area contributed by atoms with E-state index in [1.54, 1.807) is 6.92 Å². The lowest BCUT2D eigenvalue weighted by atomic mass is 9.97. The van der Waals surface area contributed by atoms with Gasteiger partial charge < -0.3 is 10.4 Å². The van der Waals surface area contributed by atoms with Crippen LogP contribution in [0.1, 0.15) is 43.4 Å². The summed E-state index contributed by atoms with van der Waals surface area (Å²) in [6.45, 7) is 2.11. The summed E-state index contributed by atoms with van der Waals surface area (Å²) in [5.41, 5.74) is 2.95. The number of carbonyl (C=O) groups excluding carboxylic acids is 1. The number of carbonyl (C=O) groups is 1. The van der Waals surface area contributed by atoms with Crippen LogP contribution in [0.5, 0.6) is 0 Å². The van der Waals surface area contributed by atoms with Crippen molar-refractivity contribution in [1.29, 1.82) is 0 Å². The molecule has 1 aliphatic carbocycles. The number of rotatable bonds is 8. The molecule has 6 nitrogen and oxygen atoms in total. The minimum atomic E-state index is -0.268. The molecule has 0 atom stereocenters. The van der Waals surface area contributed by atoms with Crippen molar-refractivity contribution >= 4 is 5.91 Å². The molecule has 3 rings (SSSR count). The topological polar surface area (TPSA) is 84.2 Å². The number of benzene rings is 1. The minimum Gasteiger partial charge on any atom is -0.396 e. The van der Waals surface area contributed by atoms with Gasteiger partial charge in [-0.2, -0.15) is 0 Å². The summed E-state index contributed by atoms with van der Waals surface area (Å²) in [4.78, 5) is 30.2. The number of aryl methyl sites for hydroxylation is 1. The van der Waals surface area contributed by atoms with Crippen LogP contribution in [0.3, 0.4) is 0 Å². The lowest BCUT2D eigenvalue weighted by Gasteiger charge is -2.16. The molecule has 2 N–H and O–H groups in total. The quantitative estimate of drug-likeness (QED) is 0.673. The molecule has 0 radical (unpaired) electrons. The van der Waals surface area contributed by atoms with Gasteiger partial charge in [0, 0.05) is 36.4 Å². The Balaban J connectivity index is 1.80. The molecule has 0 saturated carbocycles. The summed E-state index contributed by atoms with van der Waals surface area (Å²) in [7, 11) is 0. The normalized spacial score (nSPS) is 13.8. The fourth-order valence-corrected chi connectivity index (χ4v) is 3.75. The fourth-order valence-electron chi connectivity index (χ4n) is 3.75. The van der Waals surface area contributed by atoms with E-state index in [0.717, 1.165) is 24.8 Å². The van der Waals surface area contributed by atoms with E-state index in [-0.39, 0.29) is 31.0 Å². The molecule has 2 aromatic rings. The van der Waals surface area contributed by atoms with Gasteiger partial charge in [0.05, 0.1) is 0 Å². The molecule has 154 valence electrons. The highest BCUT2D eigenvalue weighted by Crippen LogP contribution is 2.19. The maximum absolute atomic E-state index is 13.1. The molecule has 1 heterocycles. The summed E-state index contributed by atoms with van der Waals surface area (Å²) in [5.74, 6) is 0.265. The lowest BCUT2D eigenvalue weighted by Crippen LogP contribution is -2.36. The zero-order valence-electron chi connectivity index (χ0n) is 17.0. The highest BCUT2D eigenvalue weighted by atomic mass is 16.3. The van der Waals surface area contributed by atoms with Crippen molar-refractivity contribution in [2.75, 3.05) is 13.2 Å². The Morgan fingerprint density at radius 1 is 1.21 bits per heavy atom. The summed E-state index contributed by atoms with van der Waals surface area (Å²) in [5, 5.41) is 12.2. The van der Waals surface area contributed by atoms with Crippen LogP contribution in [0.15, 0.2) is 46.8 Å². The van der Waals surface area contributed by atoms with Gasteiger partial charge in [-0.25, -0.2) is 4.98 Å². The number of hydrogen-bond donors (Lipinski definition) is 2. The first-order valence-corrected chi connectivity index (χ1v) is 10.3. The van der Waals surface area contributed by atoms with E-state index in [2.05, 4.69) is 16.4 Å². The van der Waals surface area contributed by atoms with Crippen LogP contribution in [-0.4, -0.2) is 33.7 Å². The number of amides is 1. The molecule has 0 fully saturated rings. The maximum atomic E-state index is 13.1. The van der Waals surface area contributed by atoms with Gasteiger partial charge in [0.25, 0.3) is 5.56 Å². The van der Waals surface area contributed by atoms with E-state index in [0.29, 0.717) is 23.6 Å². The van der Waals surface area contributed by atoms with Crippen molar-refractivity contribution < 1.29 is 9.90 Å². The third kappa shape index (κ3) is 5.41. The Labute approximate surface area is 171 Å². The monoisotopic (exact) mass is 395 g/mol. The molecule has 0 saturated heterocycles. The number of aliphatic hydroxyl groups excluding tert-OH is 1. The van der Waals surface area contributed by atoms with Crippen molar-refractivity contribution in [2.45, 2.75) is 52.0 Å². The molecule has 6 heteroatoms. The highest BCUT2D eigenvalue weighted by Gasteiger charge is 2.17. The van der Waals surface area contributed by atoms with Crippen LogP contribution in [0.25, 0.3) is 11.4 Å². The second kappa shape index (κ2) is 10.2. The Hall–Kier alpha value is -2.73. The van der Waals surface area contributed by atoms with E-state index >= 15 is 0 Å². The SMILES string of the molecule is Cc1nc(-c2ccccc2)n(CC(=O)NCCC2=CCCCC2)c(=O)c1CCO. The highest BCUT2D eigenvalue weighted by molar-refractivity contribution is 5.76. The number of nitrogens with one attached hydrogen (secondary N) is 1.